The maximum absolute atomic E-state index is 12.7. The van der Waals surface area contributed by atoms with Crippen LogP contribution in [0.5, 0.6) is 0 Å². The number of nitrogens with one attached hydrogen (secondary N) is 2. The zero-order chi connectivity index (χ0) is 22.4. The lowest BCUT2D eigenvalue weighted by atomic mass is 9.99. The second kappa shape index (κ2) is 10.1. The molecule has 6 nitrogen and oxygen atoms in total. The first-order valence-electron chi connectivity index (χ1n) is 10.6. The Labute approximate surface area is 183 Å². The van der Waals surface area contributed by atoms with Gasteiger partial charge in [0.25, 0.3) is 0 Å². The molecule has 3 rings (SSSR count). The molecule has 0 aliphatic heterocycles. The van der Waals surface area contributed by atoms with Crippen LogP contribution in [0.15, 0.2) is 67.0 Å². The molecule has 1 aromatic heterocycles. The van der Waals surface area contributed by atoms with Gasteiger partial charge in [0.1, 0.15) is 0 Å². The first kappa shape index (κ1) is 22.3. The molecule has 6 heteroatoms. The molecule has 2 unspecified atom stereocenters. The zero-order valence-electron chi connectivity index (χ0n) is 18.5. The Morgan fingerprint density at radius 3 is 2.10 bits per heavy atom. The number of rotatable bonds is 7. The summed E-state index contributed by atoms with van der Waals surface area (Å²) in [4.78, 5) is 25.2. The molecule has 0 bridgehead atoms. The smallest absolute Gasteiger partial charge is 0.310 e. The van der Waals surface area contributed by atoms with Crippen molar-refractivity contribution in [1.82, 2.24) is 20.4 Å². The van der Waals surface area contributed by atoms with E-state index in [1.165, 1.54) is 5.56 Å². The van der Waals surface area contributed by atoms with Gasteiger partial charge >= 0.3 is 11.8 Å². The van der Waals surface area contributed by atoms with Crippen molar-refractivity contribution in [2.24, 2.45) is 7.05 Å². The van der Waals surface area contributed by atoms with Crippen molar-refractivity contribution < 1.29 is 9.59 Å². The van der Waals surface area contributed by atoms with Gasteiger partial charge < -0.3 is 10.6 Å². The van der Waals surface area contributed by atoms with Crippen LogP contribution in [0.4, 0.5) is 0 Å². The van der Waals surface area contributed by atoms with Gasteiger partial charge in [-0.25, -0.2) is 0 Å². The van der Waals surface area contributed by atoms with Crippen molar-refractivity contribution in [3.05, 3.63) is 89.2 Å². The van der Waals surface area contributed by atoms with Crippen LogP contribution in [0, 0.1) is 0 Å². The summed E-state index contributed by atoms with van der Waals surface area (Å²) >= 11 is 0. The third kappa shape index (κ3) is 6.04. The van der Waals surface area contributed by atoms with Gasteiger partial charge in [-0.15, -0.1) is 0 Å². The maximum Gasteiger partial charge on any atom is 0.310 e. The number of aromatic nitrogens is 2. The molecule has 0 fully saturated rings. The van der Waals surface area contributed by atoms with Crippen LogP contribution in [0.2, 0.25) is 0 Å². The maximum atomic E-state index is 12.7. The van der Waals surface area contributed by atoms with Gasteiger partial charge in [0.15, 0.2) is 0 Å². The molecule has 0 saturated carbocycles. The van der Waals surface area contributed by atoms with Crippen molar-refractivity contribution >= 4 is 11.8 Å². The van der Waals surface area contributed by atoms with E-state index in [1.54, 1.807) is 10.9 Å². The Balaban J connectivity index is 1.63. The monoisotopic (exact) mass is 418 g/mol. The van der Waals surface area contributed by atoms with Crippen LogP contribution in [0.25, 0.3) is 0 Å². The number of hydrogen-bond donors (Lipinski definition) is 2. The summed E-state index contributed by atoms with van der Waals surface area (Å²) in [5.41, 5.74) is 4.10. The molecule has 0 spiro atoms. The van der Waals surface area contributed by atoms with E-state index in [1.807, 2.05) is 50.5 Å². The summed E-state index contributed by atoms with van der Waals surface area (Å²) in [6, 6.07) is 17.3. The summed E-state index contributed by atoms with van der Waals surface area (Å²) in [7, 11) is 1.81. The SMILES string of the molecule is CC(Cc1ccc(C(C)C)cc1)NC(=O)C(=O)NC(c1ccccc1)c1cnn(C)c1. The van der Waals surface area contributed by atoms with Crippen LogP contribution in [-0.2, 0) is 23.1 Å². The molecule has 3 aromatic rings. The minimum atomic E-state index is -0.667. The molecule has 2 amide bonds. The van der Waals surface area contributed by atoms with Gasteiger partial charge in [-0.3, -0.25) is 14.3 Å². The summed E-state index contributed by atoms with van der Waals surface area (Å²) in [6.07, 6.45) is 4.18. The highest BCUT2D eigenvalue weighted by Crippen LogP contribution is 2.21. The summed E-state index contributed by atoms with van der Waals surface area (Å²) in [5, 5.41) is 9.85. The van der Waals surface area contributed by atoms with Crippen molar-refractivity contribution in [2.75, 3.05) is 0 Å². The second-order valence-corrected chi connectivity index (χ2v) is 8.24. The van der Waals surface area contributed by atoms with Gasteiger partial charge in [0.2, 0.25) is 0 Å². The standard InChI is InChI=1S/C25H30N4O2/c1-17(2)20-12-10-19(11-13-20)14-18(3)27-24(30)25(31)28-23(21-8-6-5-7-9-21)22-15-26-29(4)16-22/h5-13,15-18,23H,14H2,1-4H3,(H,27,30)(H,28,31). The van der Waals surface area contributed by atoms with E-state index in [4.69, 9.17) is 0 Å². The minimum Gasteiger partial charge on any atom is -0.345 e. The number of carbonyl (C=O) groups excluding carboxylic acids is 2. The fraction of sp³-hybridized carbons (Fsp3) is 0.320. The fourth-order valence-corrected chi connectivity index (χ4v) is 3.52. The number of aryl methyl sites for hydroxylation is 1. The van der Waals surface area contributed by atoms with Crippen LogP contribution in [0.3, 0.4) is 0 Å². The van der Waals surface area contributed by atoms with E-state index in [9.17, 15) is 9.59 Å². The predicted molar refractivity (Wildman–Crippen MR) is 121 cm³/mol. The Morgan fingerprint density at radius 2 is 1.52 bits per heavy atom. The van der Waals surface area contributed by atoms with Crippen molar-refractivity contribution in [1.29, 1.82) is 0 Å². The normalized spacial score (nSPS) is 12.9. The largest absolute Gasteiger partial charge is 0.345 e. The topological polar surface area (TPSA) is 76.0 Å². The van der Waals surface area contributed by atoms with Crippen LogP contribution in [-0.4, -0.2) is 27.6 Å². The molecule has 162 valence electrons. The first-order chi connectivity index (χ1) is 14.8. The second-order valence-electron chi connectivity index (χ2n) is 8.24. The predicted octanol–water partition coefficient (Wildman–Crippen LogP) is 3.50. The molecule has 1 heterocycles. The van der Waals surface area contributed by atoms with Gasteiger partial charge in [-0.05, 0) is 36.0 Å². The Bertz CT molecular complexity index is 1010. The summed E-state index contributed by atoms with van der Waals surface area (Å²) < 4.78 is 1.67. The van der Waals surface area contributed by atoms with E-state index < -0.39 is 17.9 Å². The number of benzene rings is 2. The van der Waals surface area contributed by atoms with Crippen LogP contribution >= 0.6 is 0 Å². The van der Waals surface area contributed by atoms with Gasteiger partial charge in [0.05, 0.1) is 12.2 Å². The van der Waals surface area contributed by atoms with E-state index >= 15 is 0 Å². The van der Waals surface area contributed by atoms with Crippen LogP contribution < -0.4 is 10.6 Å². The van der Waals surface area contributed by atoms with Crippen molar-refractivity contribution in [3.63, 3.8) is 0 Å². The summed E-state index contributed by atoms with van der Waals surface area (Å²) in [5.74, 6) is -0.830. The molecular formula is C25H30N4O2. The molecular weight excluding hydrogens is 388 g/mol. The van der Waals surface area contributed by atoms with E-state index in [2.05, 4.69) is 53.8 Å². The number of nitrogens with zero attached hydrogens (tertiary/aromatic N) is 2. The average molecular weight is 419 g/mol. The molecule has 0 saturated heterocycles. The van der Waals surface area contributed by atoms with E-state index in [-0.39, 0.29) is 6.04 Å². The zero-order valence-corrected chi connectivity index (χ0v) is 18.5. The van der Waals surface area contributed by atoms with Gasteiger partial charge in [0, 0.05) is 24.8 Å². The third-order valence-corrected chi connectivity index (χ3v) is 5.24. The number of carbonyl (C=O) groups is 2. The number of amides is 2. The molecule has 2 atom stereocenters. The lowest BCUT2D eigenvalue weighted by Gasteiger charge is -2.19. The quantitative estimate of drug-likeness (QED) is 0.577. The van der Waals surface area contributed by atoms with E-state index in [0.717, 1.165) is 16.7 Å². The number of hydrogen-bond acceptors (Lipinski definition) is 3. The molecule has 2 N–H and O–H groups in total. The Kier molecular flexibility index (Phi) is 7.23. The van der Waals surface area contributed by atoms with Crippen LogP contribution in [0.1, 0.15) is 55.0 Å². The fourth-order valence-electron chi connectivity index (χ4n) is 3.52. The minimum absolute atomic E-state index is 0.170. The molecule has 31 heavy (non-hydrogen) atoms. The molecule has 0 aliphatic rings. The Morgan fingerprint density at radius 1 is 0.871 bits per heavy atom. The van der Waals surface area contributed by atoms with Gasteiger partial charge in [-0.2, -0.15) is 5.10 Å². The average Bonchev–Trinajstić information content (AvgIpc) is 3.18. The molecule has 0 radical (unpaired) electrons. The molecule has 0 aliphatic carbocycles. The first-order valence-corrected chi connectivity index (χ1v) is 10.6. The highest BCUT2D eigenvalue weighted by atomic mass is 16.2. The van der Waals surface area contributed by atoms with E-state index in [0.29, 0.717) is 12.3 Å². The third-order valence-electron chi connectivity index (χ3n) is 5.24. The van der Waals surface area contributed by atoms with Gasteiger partial charge in [-0.1, -0.05) is 68.4 Å². The lowest BCUT2D eigenvalue weighted by molar-refractivity contribution is -0.139. The van der Waals surface area contributed by atoms with Crippen molar-refractivity contribution in [3.8, 4) is 0 Å². The highest BCUT2D eigenvalue weighted by molar-refractivity contribution is 6.35. The molecule has 2 aromatic carbocycles. The Hall–Kier alpha value is -3.41. The summed E-state index contributed by atoms with van der Waals surface area (Å²) in [6.45, 7) is 6.21. The lowest BCUT2D eigenvalue weighted by Crippen LogP contribution is -2.45. The highest BCUT2D eigenvalue weighted by Gasteiger charge is 2.23. The van der Waals surface area contributed by atoms with Crippen molar-refractivity contribution in [2.45, 2.75) is 45.2 Å².